The Morgan fingerprint density at radius 1 is 1.30 bits per heavy atom. The van der Waals surface area contributed by atoms with Crippen molar-refractivity contribution < 1.29 is 22.7 Å². The Morgan fingerprint density at radius 2 is 2.00 bits per heavy atom. The maximum Gasteiger partial charge on any atom is 0.411 e. The molecule has 0 aliphatic rings. The van der Waals surface area contributed by atoms with Crippen LogP contribution in [0.5, 0.6) is 0 Å². The number of hydrogen-bond donors (Lipinski definition) is 0. The topological polar surface area (TPSA) is 44.1 Å². The van der Waals surface area contributed by atoms with E-state index in [1.165, 1.54) is 0 Å². The third kappa shape index (κ3) is 4.63. The predicted molar refractivity (Wildman–Crippen MR) is 67.9 cm³/mol. The van der Waals surface area contributed by atoms with E-state index < -0.39 is 12.8 Å². The Hall–Kier alpha value is -1.37. The van der Waals surface area contributed by atoms with Crippen LogP contribution in [0.4, 0.5) is 13.2 Å². The van der Waals surface area contributed by atoms with Crippen LogP contribution in [0, 0.1) is 0 Å². The fraction of sp³-hybridized carbons (Fsp3) is 0.692. The number of aromatic nitrogens is 2. The van der Waals surface area contributed by atoms with Crippen molar-refractivity contribution >= 4 is 6.29 Å². The van der Waals surface area contributed by atoms with Crippen molar-refractivity contribution in [2.24, 2.45) is 0 Å². The molecular formula is C13H19F3N2O2. The van der Waals surface area contributed by atoms with Gasteiger partial charge in [0.25, 0.3) is 0 Å². The van der Waals surface area contributed by atoms with Gasteiger partial charge in [0, 0.05) is 18.8 Å². The summed E-state index contributed by atoms with van der Waals surface area (Å²) in [6.07, 6.45) is -1.77. The lowest BCUT2D eigenvalue weighted by Gasteiger charge is -2.09. The standard InChI is InChI=1S/C13H19F3N2O2/c1-3-11-10(8-19)12(4-2)18(17-11)6-5-7-20-9-13(14,15)16/h8H,3-7,9H2,1-2H3. The number of carbonyl (C=O) groups excluding carboxylic acids is 1. The van der Waals surface area contributed by atoms with E-state index in [1.54, 1.807) is 4.68 Å². The molecule has 20 heavy (non-hydrogen) atoms. The lowest BCUT2D eigenvalue weighted by Crippen LogP contribution is -2.18. The van der Waals surface area contributed by atoms with Crippen molar-refractivity contribution in [1.82, 2.24) is 9.78 Å². The number of ether oxygens (including phenoxy) is 1. The van der Waals surface area contributed by atoms with E-state index in [0.29, 0.717) is 31.4 Å². The van der Waals surface area contributed by atoms with Gasteiger partial charge in [-0.15, -0.1) is 0 Å². The highest BCUT2D eigenvalue weighted by Gasteiger charge is 2.27. The highest BCUT2D eigenvalue weighted by atomic mass is 19.4. The van der Waals surface area contributed by atoms with Gasteiger partial charge in [-0.1, -0.05) is 13.8 Å². The van der Waals surface area contributed by atoms with E-state index in [-0.39, 0.29) is 6.61 Å². The highest BCUT2D eigenvalue weighted by Crippen LogP contribution is 2.16. The van der Waals surface area contributed by atoms with Gasteiger partial charge in [-0.05, 0) is 19.3 Å². The molecule has 0 aromatic carbocycles. The van der Waals surface area contributed by atoms with Crippen LogP contribution in [0.25, 0.3) is 0 Å². The van der Waals surface area contributed by atoms with Crippen molar-refractivity contribution in [1.29, 1.82) is 0 Å². The highest BCUT2D eigenvalue weighted by molar-refractivity contribution is 5.78. The zero-order chi connectivity index (χ0) is 15.2. The predicted octanol–water partition coefficient (Wildman–Crippen LogP) is 2.79. The summed E-state index contributed by atoms with van der Waals surface area (Å²) in [7, 11) is 0. The first-order valence-electron chi connectivity index (χ1n) is 6.61. The van der Waals surface area contributed by atoms with E-state index in [4.69, 9.17) is 0 Å². The Kier molecular flexibility index (Phi) is 6.19. The minimum Gasteiger partial charge on any atom is -0.372 e. The molecule has 0 aliphatic heterocycles. The van der Waals surface area contributed by atoms with Gasteiger partial charge in [-0.2, -0.15) is 18.3 Å². The van der Waals surface area contributed by atoms with E-state index >= 15 is 0 Å². The van der Waals surface area contributed by atoms with E-state index in [0.717, 1.165) is 17.7 Å². The van der Waals surface area contributed by atoms with Gasteiger partial charge < -0.3 is 4.74 Å². The van der Waals surface area contributed by atoms with E-state index in [1.807, 2.05) is 13.8 Å². The summed E-state index contributed by atoms with van der Waals surface area (Å²) in [5.74, 6) is 0. The Bertz CT molecular complexity index is 442. The molecule has 0 spiro atoms. The lowest BCUT2D eigenvalue weighted by atomic mass is 10.1. The van der Waals surface area contributed by atoms with Gasteiger partial charge in [0.2, 0.25) is 0 Å². The maximum absolute atomic E-state index is 11.9. The van der Waals surface area contributed by atoms with Gasteiger partial charge in [0.15, 0.2) is 6.29 Å². The van der Waals surface area contributed by atoms with Crippen molar-refractivity contribution in [2.45, 2.75) is 45.8 Å². The molecule has 0 N–H and O–H groups in total. The van der Waals surface area contributed by atoms with E-state index in [9.17, 15) is 18.0 Å². The molecule has 0 saturated heterocycles. The third-order valence-corrected chi connectivity index (χ3v) is 2.89. The molecule has 7 heteroatoms. The van der Waals surface area contributed by atoms with Crippen LogP contribution in [-0.4, -0.2) is 35.5 Å². The summed E-state index contributed by atoms with van der Waals surface area (Å²) < 4.78 is 41.9. The molecule has 0 bridgehead atoms. The van der Waals surface area contributed by atoms with Crippen LogP contribution >= 0.6 is 0 Å². The molecule has 0 amide bonds. The van der Waals surface area contributed by atoms with Gasteiger partial charge in [-0.25, -0.2) is 0 Å². The van der Waals surface area contributed by atoms with Crippen molar-refractivity contribution in [3.05, 3.63) is 17.0 Å². The SMILES string of the molecule is CCc1nn(CCCOCC(F)(F)F)c(CC)c1C=O. The minimum atomic E-state index is -4.29. The summed E-state index contributed by atoms with van der Waals surface area (Å²) >= 11 is 0. The van der Waals surface area contributed by atoms with Gasteiger partial charge in [0.05, 0.1) is 11.3 Å². The number of rotatable bonds is 8. The molecule has 1 aromatic rings. The summed E-state index contributed by atoms with van der Waals surface area (Å²) in [5, 5.41) is 4.32. The fourth-order valence-corrected chi connectivity index (χ4v) is 2.02. The Morgan fingerprint density at radius 3 is 2.50 bits per heavy atom. The molecule has 0 saturated carbocycles. The molecule has 4 nitrogen and oxygen atoms in total. The molecule has 1 rings (SSSR count). The average Bonchev–Trinajstić information content (AvgIpc) is 2.73. The summed E-state index contributed by atoms with van der Waals surface area (Å²) in [6.45, 7) is 3.06. The largest absolute Gasteiger partial charge is 0.411 e. The summed E-state index contributed by atoms with van der Waals surface area (Å²) in [5.41, 5.74) is 2.16. The molecule has 0 radical (unpaired) electrons. The Balaban J connectivity index is 2.55. The van der Waals surface area contributed by atoms with Crippen LogP contribution in [0.2, 0.25) is 0 Å². The van der Waals surface area contributed by atoms with Crippen LogP contribution in [0.1, 0.15) is 42.0 Å². The van der Waals surface area contributed by atoms with Gasteiger partial charge in [-0.3, -0.25) is 9.48 Å². The van der Waals surface area contributed by atoms with Crippen molar-refractivity contribution in [3.8, 4) is 0 Å². The van der Waals surface area contributed by atoms with Crippen molar-refractivity contribution in [2.75, 3.05) is 13.2 Å². The summed E-state index contributed by atoms with van der Waals surface area (Å²) in [6, 6.07) is 0. The zero-order valence-corrected chi connectivity index (χ0v) is 11.7. The summed E-state index contributed by atoms with van der Waals surface area (Å²) in [4.78, 5) is 11.1. The molecule has 1 aromatic heterocycles. The quantitative estimate of drug-likeness (QED) is 0.546. The first-order chi connectivity index (χ1) is 9.42. The van der Waals surface area contributed by atoms with Crippen molar-refractivity contribution in [3.63, 3.8) is 0 Å². The smallest absolute Gasteiger partial charge is 0.372 e. The second-order valence-electron chi connectivity index (χ2n) is 4.38. The number of alkyl halides is 3. The maximum atomic E-state index is 11.9. The fourth-order valence-electron chi connectivity index (χ4n) is 2.02. The third-order valence-electron chi connectivity index (χ3n) is 2.89. The normalized spacial score (nSPS) is 11.8. The molecule has 0 unspecified atom stereocenters. The van der Waals surface area contributed by atoms with Crippen LogP contribution in [0.15, 0.2) is 0 Å². The number of nitrogens with zero attached hydrogens (tertiary/aromatic N) is 2. The van der Waals surface area contributed by atoms with Gasteiger partial charge >= 0.3 is 6.18 Å². The molecule has 0 fully saturated rings. The molecule has 1 heterocycles. The monoisotopic (exact) mass is 292 g/mol. The van der Waals surface area contributed by atoms with Gasteiger partial charge in [0.1, 0.15) is 6.61 Å². The number of carbonyl (C=O) groups is 1. The first kappa shape index (κ1) is 16.7. The molecule has 0 atom stereocenters. The molecule has 114 valence electrons. The zero-order valence-electron chi connectivity index (χ0n) is 11.7. The second-order valence-corrected chi connectivity index (χ2v) is 4.38. The van der Waals surface area contributed by atoms with Crippen LogP contribution in [-0.2, 0) is 24.1 Å². The number of halogens is 3. The number of aryl methyl sites for hydroxylation is 2. The molecular weight excluding hydrogens is 273 g/mol. The minimum absolute atomic E-state index is 0.0143. The lowest BCUT2D eigenvalue weighted by molar-refractivity contribution is -0.174. The van der Waals surface area contributed by atoms with E-state index in [2.05, 4.69) is 9.84 Å². The first-order valence-corrected chi connectivity index (χ1v) is 6.61. The van der Waals surface area contributed by atoms with Crippen LogP contribution in [0.3, 0.4) is 0 Å². The second kappa shape index (κ2) is 7.42. The molecule has 0 aliphatic carbocycles. The van der Waals surface area contributed by atoms with Crippen LogP contribution < -0.4 is 0 Å². The number of aldehydes is 1. The number of hydrogen-bond acceptors (Lipinski definition) is 3. The Labute approximate surface area is 115 Å². The average molecular weight is 292 g/mol.